The predicted octanol–water partition coefficient (Wildman–Crippen LogP) is 3.73. The van der Waals surface area contributed by atoms with Crippen molar-refractivity contribution in [2.75, 3.05) is 5.32 Å². The lowest BCUT2D eigenvalue weighted by Gasteiger charge is -2.22. The maximum Gasteiger partial charge on any atom is 0.253 e. The molecule has 3 fully saturated rings. The Kier molecular flexibility index (Phi) is 4.30. The summed E-state index contributed by atoms with van der Waals surface area (Å²) in [4.78, 5) is 25.3. The van der Waals surface area contributed by atoms with Gasteiger partial charge in [-0.25, -0.2) is 0 Å². The molecule has 3 aliphatic rings. The number of anilines is 1. The molecule has 1 aromatic carbocycles. The molecule has 4 rings (SSSR count). The number of nitrogens with one attached hydrogen (secondary N) is 2. The molecule has 128 valence electrons. The molecule has 2 amide bonds. The Morgan fingerprint density at radius 1 is 0.958 bits per heavy atom. The second-order valence-corrected chi connectivity index (χ2v) is 7.77. The highest BCUT2D eigenvalue weighted by molar-refractivity contribution is 6.04. The lowest BCUT2D eigenvalue weighted by Crippen LogP contribution is -2.34. The van der Waals surface area contributed by atoms with Crippen molar-refractivity contribution in [1.29, 1.82) is 0 Å². The van der Waals surface area contributed by atoms with Crippen LogP contribution < -0.4 is 10.6 Å². The predicted molar refractivity (Wildman–Crippen MR) is 93.7 cm³/mol. The maximum absolute atomic E-state index is 12.7. The molecule has 0 spiro atoms. The van der Waals surface area contributed by atoms with Crippen LogP contribution in [0.3, 0.4) is 0 Å². The molecule has 0 aliphatic heterocycles. The quantitative estimate of drug-likeness (QED) is 0.885. The fraction of sp³-hybridized carbons (Fsp3) is 0.600. The van der Waals surface area contributed by atoms with Crippen molar-refractivity contribution in [2.45, 2.75) is 57.4 Å². The van der Waals surface area contributed by atoms with Crippen molar-refractivity contribution in [1.82, 2.24) is 5.32 Å². The lowest BCUT2D eigenvalue weighted by molar-refractivity contribution is -0.121. The van der Waals surface area contributed by atoms with Gasteiger partial charge in [-0.1, -0.05) is 31.4 Å². The molecule has 4 heteroatoms. The van der Waals surface area contributed by atoms with E-state index in [1.54, 1.807) is 6.07 Å². The lowest BCUT2D eigenvalue weighted by atomic mass is 9.88. The van der Waals surface area contributed by atoms with Crippen molar-refractivity contribution >= 4 is 17.5 Å². The Morgan fingerprint density at radius 3 is 2.46 bits per heavy atom. The van der Waals surface area contributed by atoms with Gasteiger partial charge < -0.3 is 10.6 Å². The standard InChI is InChI=1S/C20H26N2O2/c23-19(21-15-5-1-2-6-15)16-7-3-4-8-18(16)22-20(24)17-12-13-9-10-14(17)11-13/h3-4,7-8,13-15,17H,1-2,5-6,9-12H2,(H,21,23)(H,22,24)/t13-,14-,17-/m0/s1. The Hall–Kier alpha value is -1.84. The Morgan fingerprint density at radius 2 is 1.75 bits per heavy atom. The fourth-order valence-electron chi connectivity index (χ4n) is 4.91. The van der Waals surface area contributed by atoms with E-state index in [0.29, 0.717) is 17.2 Å². The minimum atomic E-state index is -0.0641. The number of hydrogen-bond donors (Lipinski definition) is 2. The summed E-state index contributed by atoms with van der Waals surface area (Å²) in [6.07, 6.45) is 9.20. The van der Waals surface area contributed by atoms with Gasteiger partial charge in [0.15, 0.2) is 0 Å². The molecule has 3 aliphatic carbocycles. The molecule has 3 atom stereocenters. The number of fused-ring (bicyclic) bond motifs is 2. The topological polar surface area (TPSA) is 58.2 Å². The minimum Gasteiger partial charge on any atom is -0.349 e. The van der Waals surface area contributed by atoms with Crippen molar-refractivity contribution in [3.8, 4) is 0 Å². The van der Waals surface area contributed by atoms with E-state index in [-0.39, 0.29) is 23.8 Å². The molecule has 24 heavy (non-hydrogen) atoms. The van der Waals surface area contributed by atoms with Gasteiger partial charge in [0.1, 0.15) is 0 Å². The van der Waals surface area contributed by atoms with Crippen LogP contribution in [0.25, 0.3) is 0 Å². The molecule has 0 aromatic heterocycles. The summed E-state index contributed by atoms with van der Waals surface area (Å²) in [5.74, 6) is 1.46. The molecular weight excluding hydrogens is 300 g/mol. The fourth-order valence-corrected chi connectivity index (χ4v) is 4.91. The van der Waals surface area contributed by atoms with Gasteiger partial charge >= 0.3 is 0 Å². The molecule has 1 aromatic rings. The summed E-state index contributed by atoms with van der Waals surface area (Å²) >= 11 is 0. The number of amides is 2. The van der Waals surface area contributed by atoms with Gasteiger partial charge in [0.05, 0.1) is 11.3 Å². The van der Waals surface area contributed by atoms with Crippen LogP contribution in [0.5, 0.6) is 0 Å². The molecule has 2 bridgehead atoms. The number of rotatable bonds is 4. The third-order valence-corrected chi connectivity index (χ3v) is 6.19. The van der Waals surface area contributed by atoms with Crippen molar-refractivity contribution in [3.63, 3.8) is 0 Å². The monoisotopic (exact) mass is 326 g/mol. The minimum absolute atomic E-state index is 0.0641. The van der Waals surface area contributed by atoms with Crippen LogP contribution in [0.4, 0.5) is 5.69 Å². The molecular formula is C20H26N2O2. The van der Waals surface area contributed by atoms with Crippen LogP contribution in [0.1, 0.15) is 61.7 Å². The van der Waals surface area contributed by atoms with Gasteiger partial charge in [0.25, 0.3) is 5.91 Å². The number of carbonyl (C=O) groups excluding carboxylic acids is 2. The van der Waals surface area contributed by atoms with Crippen molar-refractivity contribution in [3.05, 3.63) is 29.8 Å². The molecule has 0 radical (unpaired) electrons. The number of benzene rings is 1. The van der Waals surface area contributed by atoms with E-state index in [1.165, 1.54) is 32.1 Å². The van der Waals surface area contributed by atoms with E-state index >= 15 is 0 Å². The summed E-state index contributed by atoms with van der Waals surface area (Å²) in [5, 5.41) is 6.16. The second kappa shape index (κ2) is 6.58. The highest BCUT2D eigenvalue weighted by Gasteiger charge is 2.43. The Bertz CT molecular complexity index is 636. The first-order valence-corrected chi connectivity index (χ1v) is 9.41. The van der Waals surface area contributed by atoms with Crippen LogP contribution in [0.15, 0.2) is 24.3 Å². The zero-order valence-electron chi connectivity index (χ0n) is 14.1. The third-order valence-electron chi connectivity index (χ3n) is 6.19. The summed E-state index contributed by atoms with van der Waals surface area (Å²) in [6.45, 7) is 0. The summed E-state index contributed by atoms with van der Waals surface area (Å²) in [7, 11) is 0. The Balaban J connectivity index is 1.45. The highest BCUT2D eigenvalue weighted by Crippen LogP contribution is 2.48. The zero-order chi connectivity index (χ0) is 16.5. The average Bonchev–Trinajstić information content (AvgIpc) is 3.33. The first kappa shape index (κ1) is 15.7. The van der Waals surface area contributed by atoms with Gasteiger partial charge in [-0.05, 0) is 56.1 Å². The highest BCUT2D eigenvalue weighted by atomic mass is 16.2. The van der Waals surface area contributed by atoms with Gasteiger partial charge in [-0.2, -0.15) is 0 Å². The first-order chi connectivity index (χ1) is 11.7. The van der Waals surface area contributed by atoms with Crippen molar-refractivity contribution < 1.29 is 9.59 Å². The Labute approximate surface area is 143 Å². The van der Waals surface area contributed by atoms with Crippen LogP contribution in [-0.4, -0.2) is 17.9 Å². The van der Waals surface area contributed by atoms with Gasteiger partial charge in [0, 0.05) is 12.0 Å². The molecule has 2 N–H and O–H groups in total. The molecule has 0 unspecified atom stereocenters. The molecule has 0 heterocycles. The zero-order valence-corrected chi connectivity index (χ0v) is 14.1. The van der Waals surface area contributed by atoms with Crippen LogP contribution in [-0.2, 0) is 4.79 Å². The largest absolute Gasteiger partial charge is 0.349 e. The van der Waals surface area contributed by atoms with E-state index in [9.17, 15) is 9.59 Å². The molecule has 0 saturated heterocycles. The van der Waals surface area contributed by atoms with Crippen LogP contribution >= 0.6 is 0 Å². The van der Waals surface area contributed by atoms with Gasteiger partial charge in [0.2, 0.25) is 5.91 Å². The smallest absolute Gasteiger partial charge is 0.253 e. The van der Waals surface area contributed by atoms with E-state index in [1.807, 2.05) is 18.2 Å². The number of carbonyl (C=O) groups is 2. The van der Waals surface area contributed by atoms with Crippen LogP contribution in [0, 0.1) is 17.8 Å². The van der Waals surface area contributed by atoms with E-state index in [0.717, 1.165) is 25.2 Å². The van der Waals surface area contributed by atoms with E-state index < -0.39 is 0 Å². The van der Waals surface area contributed by atoms with E-state index in [4.69, 9.17) is 0 Å². The second-order valence-electron chi connectivity index (χ2n) is 7.77. The third kappa shape index (κ3) is 3.06. The molecule has 3 saturated carbocycles. The summed E-state index contributed by atoms with van der Waals surface area (Å²) in [5.41, 5.74) is 1.24. The molecule has 4 nitrogen and oxygen atoms in total. The maximum atomic E-state index is 12.7. The number of hydrogen-bond acceptors (Lipinski definition) is 2. The van der Waals surface area contributed by atoms with Gasteiger partial charge in [-0.15, -0.1) is 0 Å². The SMILES string of the molecule is O=C(NC1CCCC1)c1ccccc1NC(=O)[C@H]1C[C@H]2CC[C@H]1C2. The first-order valence-electron chi connectivity index (χ1n) is 9.41. The number of para-hydroxylation sites is 1. The summed E-state index contributed by atoms with van der Waals surface area (Å²) < 4.78 is 0. The van der Waals surface area contributed by atoms with Crippen LogP contribution in [0.2, 0.25) is 0 Å². The van der Waals surface area contributed by atoms with E-state index in [2.05, 4.69) is 10.6 Å². The average molecular weight is 326 g/mol. The summed E-state index contributed by atoms with van der Waals surface area (Å²) in [6, 6.07) is 7.67. The normalized spacial score (nSPS) is 28.9. The van der Waals surface area contributed by atoms with Crippen molar-refractivity contribution in [2.24, 2.45) is 17.8 Å². The van der Waals surface area contributed by atoms with Gasteiger partial charge in [-0.3, -0.25) is 9.59 Å².